The average Bonchev–Trinajstić information content (AvgIpc) is 3.53. The van der Waals surface area contributed by atoms with Crippen LogP contribution in [-0.2, 0) is 24.2 Å². The highest BCUT2D eigenvalue weighted by Crippen LogP contribution is 2.30. The van der Waals surface area contributed by atoms with E-state index in [0.717, 1.165) is 32.6 Å². The predicted molar refractivity (Wildman–Crippen MR) is 130 cm³/mol. The molecule has 0 saturated carbocycles. The number of aromatic nitrogens is 8. The minimum Gasteiger partial charge on any atom is -0.383 e. The van der Waals surface area contributed by atoms with E-state index in [9.17, 15) is 9.59 Å². The van der Waals surface area contributed by atoms with E-state index in [1.165, 1.54) is 7.11 Å². The number of nitrogens with one attached hydrogen (secondary N) is 2. The Balaban J connectivity index is 1.52. The van der Waals surface area contributed by atoms with E-state index in [1.807, 2.05) is 60.0 Å². The maximum Gasteiger partial charge on any atom is 0.330 e. The first-order valence-electron chi connectivity index (χ1n) is 11.2. The van der Waals surface area contributed by atoms with Crippen molar-refractivity contribution in [2.24, 2.45) is 0 Å². The lowest BCUT2D eigenvalue weighted by molar-refractivity contribution is 0.185. The number of imidazole rings is 1. The molecule has 5 rings (SSSR count). The van der Waals surface area contributed by atoms with E-state index in [0.29, 0.717) is 30.0 Å². The minimum atomic E-state index is -0.489. The van der Waals surface area contributed by atoms with Gasteiger partial charge in [-0.3, -0.25) is 14.3 Å². The van der Waals surface area contributed by atoms with Crippen LogP contribution in [0.3, 0.4) is 0 Å². The van der Waals surface area contributed by atoms with Gasteiger partial charge in [0.25, 0.3) is 5.56 Å². The van der Waals surface area contributed by atoms with Crippen molar-refractivity contribution < 1.29 is 4.74 Å². The van der Waals surface area contributed by atoms with Gasteiger partial charge >= 0.3 is 5.69 Å². The third-order valence-corrected chi connectivity index (χ3v) is 5.92. The van der Waals surface area contributed by atoms with Gasteiger partial charge in [0, 0.05) is 25.6 Å². The SMILES string of the molecule is CCc1nc2[nH]c(=O)n(CCOC)c(=O)c2n1Cc1ccc(-c2ccccc2-c2nn[nH]n2)cc1. The van der Waals surface area contributed by atoms with Crippen LogP contribution in [0.25, 0.3) is 33.7 Å². The number of fused-ring (bicyclic) bond motifs is 1. The van der Waals surface area contributed by atoms with Crippen molar-refractivity contribution in [3.8, 4) is 22.5 Å². The number of H-pyrrole nitrogens is 2. The lowest BCUT2D eigenvalue weighted by Gasteiger charge is -2.11. The molecule has 2 N–H and O–H groups in total. The molecule has 11 nitrogen and oxygen atoms in total. The molecular formula is C24H24N8O3. The van der Waals surface area contributed by atoms with Gasteiger partial charge in [-0.15, -0.1) is 10.2 Å². The van der Waals surface area contributed by atoms with Crippen molar-refractivity contribution in [3.63, 3.8) is 0 Å². The maximum atomic E-state index is 13.2. The summed E-state index contributed by atoms with van der Waals surface area (Å²) in [6.45, 7) is 2.84. The molecule has 11 heteroatoms. The summed E-state index contributed by atoms with van der Waals surface area (Å²) in [6.07, 6.45) is 0.615. The molecule has 0 amide bonds. The van der Waals surface area contributed by atoms with Crippen LogP contribution in [0.15, 0.2) is 58.1 Å². The number of hydrogen-bond donors (Lipinski definition) is 2. The first kappa shape index (κ1) is 22.4. The van der Waals surface area contributed by atoms with E-state index in [2.05, 4.69) is 30.6 Å². The third-order valence-electron chi connectivity index (χ3n) is 5.92. The number of methoxy groups -OCH3 is 1. The molecule has 2 aromatic carbocycles. The Hall–Kier alpha value is -4.38. The van der Waals surface area contributed by atoms with Gasteiger partial charge in [0.2, 0.25) is 5.82 Å². The predicted octanol–water partition coefficient (Wildman–Crippen LogP) is 1.99. The fourth-order valence-electron chi connectivity index (χ4n) is 4.20. The second-order valence-electron chi connectivity index (χ2n) is 8.02. The number of nitrogens with zero attached hydrogens (tertiary/aromatic N) is 6. The highest BCUT2D eigenvalue weighted by molar-refractivity contribution is 5.80. The summed E-state index contributed by atoms with van der Waals surface area (Å²) in [4.78, 5) is 32.8. The second kappa shape index (κ2) is 9.47. The van der Waals surface area contributed by atoms with Gasteiger partial charge in [0.1, 0.15) is 5.82 Å². The van der Waals surface area contributed by atoms with Gasteiger partial charge in [-0.05, 0) is 21.9 Å². The van der Waals surface area contributed by atoms with Gasteiger partial charge in [-0.2, -0.15) is 5.21 Å². The molecule has 0 atom stereocenters. The Labute approximate surface area is 199 Å². The second-order valence-corrected chi connectivity index (χ2v) is 8.02. The summed E-state index contributed by atoms with van der Waals surface area (Å²) in [5.74, 6) is 1.25. The lowest BCUT2D eigenvalue weighted by atomic mass is 9.98. The van der Waals surface area contributed by atoms with Crippen molar-refractivity contribution in [2.45, 2.75) is 26.4 Å². The zero-order valence-corrected chi connectivity index (χ0v) is 19.4. The maximum absolute atomic E-state index is 13.2. The van der Waals surface area contributed by atoms with Gasteiger partial charge in [-0.25, -0.2) is 9.78 Å². The number of aromatic amines is 2. The molecule has 0 aliphatic rings. The summed E-state index contributed by atoms with van der Waals surface area (Å²) in [5, 5.41) is 14.4. The normalized spacial score (nSPS) is 11.4. The van der Waals surface area contributed by atoms with Crippen molar-refractivity contribution in [1.82, 2.24) is 39.7 Å². The van der Waals surface area contributed by atoms with E-state index in [4.69, 9.17) is 4.74 Å². The first-order chi connectivity index (χ1) is 17.1. The number of benzene rings is 2. The first-order valence-corrected chi connectivity index (χ1v) is 11.2. The van der Waals surface area contributed by atoms with Crippen LogP contribution in [0.5, 0.6) is 0 Å². The number of tetrazole rings is 1. The molecule has 0 unspecified atom stereocenters. The Bertz CT molecular complexity index is 1580. The van der Waals surface area contributed by atoms with Gasteiger partial charge < -0.3 is 9.30 Å². The summed E-state index contributed by atoms with van der Waals surface area (Å²) in [6, 6.07) is 15.9. The molecule has 0 bridgehead atoms. The van der Waals surface area contributed by atoms with Crippen LogP contribution in [0, 0.1) is 0 Å². The van der Waals surface area contributed by atoms with E-state index in [-0.39, 0.29) is 18.7 Å². The van der Waals surface area contributed by atoms with E-state index in [1.54, 1.807) is 0 Å². The van der Waals surface area contributed by atoms with Crippen LogP contribution in [-0.4, -0.2) is 53.4 Å². The quantitative estimate of drug-likeness (QED) is 0.352. The van der Waals surface area contributed by atoms with Crippen molar-refractivity contribution >= 4 is 11.2 Å². The molecule has 0 radical (unpaired) electrons. The molecular weight excluding hydrogens is 448 g/mol. The van der Waals surface area contributed by atoms with Crippen LogP contribution >= 0.6 is 0 Å². The van der Waals surface area contributed by atoms with Crippen molar-refractivity contribution in [2.75, 3.05) is 13.7 Å². The summed E-state index contributed by atoms with van der Waals surface area (Å²) in [7, 11) is 1.53. The van der Waals surface area contributed by atoms with Crippen LogP contribution in [0.1, 0.15) is 18.3 Å². The largest absolute Gasteiger partial charge is 0.383 e. The standard InChI is InChI=1S/C24H24N8O3/c1-3-19-25-22-20(23(33)31(12-13-35-2)24(34)26-22)32(19)14-15-8-10-16(11-9-15)17-6-4-5-7-18(17)21-27-29-30-28-21/h4-11H,3,12-14H2,1-2H3,(H,26,34)(H,27,28,29,30). The van der Waals surface area contributed by atoms with Crippen LogP contribution in [0.2, 0.25) is 0 Å². The number of hydrogen-bond acceptors (Lipinski definition) is 7. The Morgan fingerprint density at radius 3 is 2.46 bits per heavy atom. The molecule has 3 heterocycles. The van der Waals surface area contributed by atoms with E-state index >= 15 is 0 Å². The highest BCUT2D eigenvalue weighted by Gasteiger charge is 2.18. The zero-order chi connectivity index (χ0) is 24.4. The van der Waals surface area contributed by atoms with Gasteiger partial charge in [0.05, 0.1) is 13.2 Å². The fourth-order valence-corrected chi connectivity index (χ4v) is 4.20. The number of ether oxygens (including phenoxy) is 1. The lowest BCUT2D eigenvalue weighted by Crippen LogP contribution is -2.37. The third kappa shape index (κ3) is 4.17. The summed E-state index contributed by atoms with van der Waals surface area (Å²) < 4.78 is 8.08. The van der Waals surface area contributed by atoms with Crippen molar-refractivity contribution in [3.05, 3.63) is 80.8 Å². The fraction of sp³-hybridized carbons (Fsp3) is 0.250. The average molecular weight is 473 g/mol. The molecule has 0 spiro atoms. The molecule has 35 heavy (non-hydrogen) atoms. The zero-order valence-electron chi connectivity index (χ0n) is 19.4. The Morgan fingerprint density at radius 2 is 1.77 bits per heavy atom. The molecule has 0 fully saturated rings. The van der Waals surface area contributed by atoms with E-state index < -0.39 is 5.69 Å². The molecule has 3 aromatic heterocycles. The summed E-state index contributed by atoms with van der Waals surface area (Å²) >= 11 is 0. The summed E-state index contributed by atoms with van der Waals surface area (Å²) in [5.41, 5.74) is 3.68. The Morgan fingerprint density at radius 1 is 1.00 bits per heavy atom. The van der Waals surface area contributed by atoms with Crippen molar-refractivity contribution in [1.29, 1.82) is 0 Å². The highest BCUT2D eigenvalue weighted by atomic mass is 16.5. The molecule has 5 aromatic rings. The smallest absolute Gasteiger partial charge is 0.330 e. The Kier molecular flexibility index (Phi) is 6.06. The molecule has 178 valence electrons. The topological polar surface area (TPSA) is 136 Å². The monoisotopic (exact) mass is 472 g/mol. The number of rotatable bonds is 8. The van der Waals surface area contributed by atoms with Gasteiger partial charge in [-0.1, -0.05) is 55.5 Å². The molecule has 0 aliphatic carbocycles. The molecule has 0 saturated heterocycles. The van der Waals surface area contributed by atoms with Crippen LogP contribution in [0.4, 0.5) is 0 Å². The molecule has 0 aliphatic heterocycles. The van der Waals surface area contributed by atoms with Gasteiger partial charge in [0.15, 0.2) is 11.2 Å². The minimum absolute atomic E-state index is 0.168. The number of aryl methyl sites for hydroxylation is 1. The van der Waals surface area contributed by atoms with Crippen LogP contribution < -0.4 is 11.2 Å².